The van der Waals surface area contributed by atoms with Crippen LogP contribution < -0.4 is 0 Å². The summed E-state index contributed by atoms with van der Waals surface area (Å²) in [5, 5.41) is 0. The molecule has 96 valence electrons. The number of rotatable bonds is 3. The zero-order valence-corrected chi connectivity index (χ0v) is 10.1. The summed E-state index contributed by atoms with van der Waals surface area (Å²) in [7, 11) is 1.71. The van der Waals surface area contributed by atoms with Crippen molar-refractivity contribution < 1.29 is 13.5 Å². The van der Waals surface area contributed by atoms with Gasteiger partial charge in [-0.3, -0.25) is 4.90 Å². The average molecular weight is 251 g/mol. The monoisotopic (exact) mass is 251 g/mol. The number of benzene rings is 1. The van der Waals surface area contributed by atoms with Crippen LogP contribution in [0.5, 0.6) is 0 Å². The van der Waals surface area contributed by atoms with Crippen LogP contribution in [-0.2, 0) is 4.74 Å². The first-order valence-corrected chi connectivity index (χ1v) is 6.12. The first-order chi connectivity index (χ1) is 8.58. The highest BCUT2D eigenvalue weighted by Gasteiger charge is 2.51. The van der Waals surface area contributed by atoms with Crippen molar-refractivity contribution in [1.82, 2.24) is 4.90 Å². The van der Waals surface area contributed by atoms with Gasteiger partial charge in [-0.1, -0.05) is 30.3 Å². The quantitative estimate of drug-likeness (QED) is 0.818. The molecule has 1 atom stereocenters. The average Bonchev–Trinajstić information content (AvgIpc) is 3.14. The lowest BCUT2D eigenvalue weighted by atomic mass is 10.1. The summed E-state index contributed by atoms with van der Waals surface area (Å²) in [6.07, 6.45) is 1.73. The zero-order valence-electron chi connectivity index (χ0n) is 10.1. The third-order valence-electron chi connectivity index (χ3n) is 3.44. The van der Waals surface area contributed by atoms with Crippen LogP contribution >= 0.6 is 0 Å². The molecule has 0 spiro atoms. The molecular formula is C14H15F2NO. The SMILES string of the molecule is CN(C1CC1)C1OC(c2ccccc2)=CC1(F)F. The van der Waals surface area contributed by atoms with Gasteiger partial charge in [0.25, 0.3) is 0 Å². The normalized spacial score (nSPS) is 26.0. The Morgan fingerprint density at radius 3 is 2.50 bits per heavy atom. The summed E-state index contributed by atoms with van der Waals surface area (Å²) < 4.78 is 33.3. The molecule has 1 aliphatic carbocycles. The van der Waals surface area contributed by atoms with E-state index in [0.717, 1.165) is 18.9 Å². The van der Waals surface area contributed by atoms with E-state index < -0.39 is 12.2 Å². The fraction of sp³-hybridized carbons (Fsp3) is 0.429. The van der Waals surface area contributed by atoms with Crippen molar-refractivity contribution in [3.63, 3.8) is 0 Å². The minimum Gasteiger partial charge on any atom is -0.468 e. The third kappa shape index (κ3) is 2.01. The Balaban J connectivity index is 1.83. The van der Waals surface area contributed by atoms with Crippen LogP contribution in [0.3, 0.4) is 0 Å². The molecule has 1 aromatic carbocycles. The Labute approximate surface area is 105 Å². The molecule has 1 aliphatic heterocycles. The Morgan fingerprint density at radius 2 is 1.89 bits per heavy atom. The van der Waals surface area contributed by atoms with E-state index in [0.29, 0.717) is 5.56 Å². The van der Waals surface area contributed by atoms with Crippen LogP contribution in [-0.4, -0.2) is 30.1 Å². The molecule has 0 radical (unpaired) electrons. The van der Waals surface area contributed by atoms with E-state index in [-0.39, 0.29) is 11.8 Å². The molecule has 1 heterocycles. The van der Waals surface area contributed by atoms with Gasteiger partial charge in [-0.2, -0.15) is 8.78 Å². The lowest BCUT2D eigenvalue weighted by Gasteiger charge is -2.28. The van der Waals surface area contributed by atoms with Crippen molar-refractivity contribution >= 4 is 5.76 Å². The molecule has 3 rings (SSSR count). The topological polar surface area (TPSA) is 12.5 Å². The van der Waals surface area contributed by atoms with Crippen LogP contribution in [0, 0.1) is 0 Å². The fourth-order valence-electron chi connectivity index (χ4n) is 2.26. The number of hydrogen-bond donors (Lipinski definition) is 0. The van der Waals surface area contributed by atoms with Crippen LogP contribution in [0.15, 0.2) is 36.4 Å². The predicted molar refractivity (Wildman–Crippen MR) is 65.0 cm³/mol. The lowest BCUT2D eigenvalue weighted by Crippen LogP contribution is -2.44. The van der Waals surface area contributed by atoms with Crippen LogP contribution in [0.1, 0.15) is 18.4 Å². The number of nitrogens with zero attached hydrogens (tertiary/aromatic N) is 1. The van der Waals surface area contributed by atoms with E-state index in [1.807, 2.05) is 18.2 Å². The Bertz CT molecular complexity index is 468. The second kappa shape index (κ2) is 4.05. The van der Waals surface area contributed by atoms with Crippen molar-refractivity contribution in [2.45, 2.75) is 31.0 Å². The highest BCUT2D eigenvalue weighted by atomic mass is 19.3. The molecule has 0 amide bonds. The Kier molecular flexibility index (Phi) is 2.63. The molecule has 2 aliphatic rings. The third-order valence-corrected chi connectivity index (χ3v) is 3.44. The van der Waals surface area contributed by atoms with Crippen LogP contribution in [0.2, 0.25) is 0 Å². The maximum absolute atomic E-state index is 13.9. The first-order valence-electron chi connectivity index (χ1n) is 6.12. The summed E-state index contributed by atoms with van der Waals surface area (Å²) in [6, 6.07) is 9.28. The van der Waals surface area contributed by atoms with E-state index in [4.69, 9.17) is 4.74 Å². The molecule has 2 nitrogen and oxygen atoms in total. The number of ether oxygens (including phenoxy) is 1. The Morgan fingerprint density at radius 1 is 1.22 bits per heavy atom. The first kappa shape index (κ1) is 11.7. The fourth-order valence-corrected chi connectivity index (χ4v) is 2.26. The van der Waals surface area contributed by atoms with Gasteiger partial charge < -0.3 is 4.74 Å². The highest BCUT2D eigenvalue weighted by Crippen LogP contribution is 2.41. The van der Waals surface area contributed by atoms with E-state index in [2.05, 4.69) is 0 Å². The summed E-state index contributed by atoms with van der Waals surface area (Å²) in [4.78, 5) is 1.65. The van der Waals surface area contributed by atoms with Gasteiger partial charge in [0.1, 0.15) is 5.76 Å². The zero-order chi connectivity index (χ0) is 12.8. The molecule has 1 aromatic rings. The molecule has 0 N–H and O–H groups in total. The van der Waals surface area contributed by atoms with Gasteiger partial charge >= 0.3 is 5.92 Å². The van der Waals surface area contributed by atoms with Gasteiger partial charge in [-0.05, 0) is 19.9 Å². The van der Waals surface area contributed by atoms with Crippen molar-refractivity contribution in [1.29, 1.82) is 0 Å². The molecule has 18 heavy (non-hydrogen) atoms. The van der Waals surface area contributed by atoms with Gasteiger partial charge in [0, 0.05) is 17.7 Å². The molecule has 1 unspecified atom stereocenters. The molecule has 0 aromatic heterocycles. The second-order valence-corrected chi connectivity index (χ2v) is 4.92. The van der Waals surface area contributed by atoms with Crippen molar-refractivity contribution in [3.05, 3.63) is 42.0 Å². The molecular weight excluding hydrogens is 236 g/mol. The highest BCUT2D eigenvalue weighted by molar-refractivity contribution is 5.62. The molecule has 0 saturated heterocycles. The number of alkyl halides is 2. The summed E-state index contributed by atoms with van der Waals surface area (Å²) in [6.45, 7) is 0. The minimum atomic E-state index is -2.93. The van der Waals surface area contributed by atoms with Gasteiger partial charge in [0.15, 0.2) is 0 Å². The predicted octanol–water partition coefficient (Wildman–Crippen LogP) is 3.11. The summed E-state index contributed by atoms with van der Waals surface area (Å²) >= 11 is 0. The van der Waals surface area contributed by atoms with E-state index in [9.17, 15) is 8.78 Å². The largest absolute Gasteiger partial charge is 0.468 e. The maximum atomic E-state index is 13.9. The second-order valence-electron chi connectivity index (χ2n) is 4.92. The number of halogens is 2. The van der Waals surface area contributed by atoms with Crippen LogP contribution in [0.25, 0.3) is 5.76 Å². The maximum Gasteiger partial charge on any atom is 0.319 e. The molecule has 0 bridgehead atoms. The van der Waals surface area contributed by atoms with Crippen molar-refractivity contribution in [2.75, 3.05) is 7.05 Å². The molecule has 1 saturated carbocycles. The van der Waals surface area contributed by atoms with E-state index in [1.54, 1.807) is 24.1 Å². The van der Waals surface area contributed by atoms with Gasteiger partial charge in [0.05, 0.1) is 0 Å². The standard InChI is InChI=1S/C14H15F2NO/c1-17(11-7-8-11)13-14(15,16)9-12(18-13)10-5-3-2-4-6-10/h2-6,9,11,13H,7-8H2,1H3. The smallest absolute Gasteiger partial charge is 0.319 e. The molecule has 4 heteroatoms. The van der Waals surface area contributed by atoms with Gasteiger partial charge in [-0.25, -0.2) is 0 Å². The van der Waals surface area contributed by atoms with E-state index >= 15 is 0 Å². The van der Waals surface area contributed by atoms with Gasteiger partial charge in [0.2, 0.25) is 6.23 Å². The van der Waals surface area contributed by atoms with Crippen molar-refractivity contribution in [2.24, 2.45) is 0 Å². The summed E-state index contributed by atoms with van der Waals surface area (Å²) in [5.41, 5.74) is 0.698. The van der Waals surface area contributed by atoms with Crippen LogP contribution in [0.4, 0.5) is 8.78 Å². The Hall–Kier alpha value is -1.42. The minimum absolute atomic E-state index is 0.240. The summed E-state index contributed by atoms with van der Waals surface area (Å²) in [5.74, 6) is -2.65. The van der Waals surface area contributed by atoms with E-state index in [1.165, 1.54) is 0 Å². The van der Waals surface area contributed by atoms with Crippen molar-refractivity contribution in [3.8, 4) is 0 Å². The van der Waals surface area contributed by atoms with Gasteiger partial charge in [-0.15, -0.1) is 0 Å². The lowest BCUT2D eigenvalue weighted by molar-refractivity contribution is -0.121. The number of hydrogen-bond acceptors (Lipinski definition) is 2. The molecule has 1 fully saturated rings.